The molecule has 1 aliphatic rings. The van der Waals surface area contributed by atoms with Gasteiger partial charge in [0.15, 0.2) is 5.82 Å². The molecular formula is C28H28Cl2N4O. The van der Waals surface area contributed by atoms with E-state index in [1.807, 2.05) is 66.7 Å². The van der Waals surface area contributed by atoms with Crippen LogP contribution in [0.3, 0.4) is 0 Å². The standard InChI is InChI=1S/C28H28Cl2N4O/c29-21-6-2-5-20(14-21)26-11-8-23(35-26)9-12-27-33-25-15-22(30)7-10-24(25)28(34-27)32-17-19-4-1-3-18(13-19)16-31/h2,5-12,14-15,18-19H,1,3-4,13,16-17,31H2,(H,32,33,34)/b12-9+. The van der Waals surface area contributed by atoms with E-state index in [4.69, 9.17) is 43.3 Å². The summed E-state index contributed by atoms with van der Waals surface area (Å²) in [5, 5.41) is 5.86. The zero-order valence-electron chi connectivity index (χ0n) is 19.4. The molecule has 7 heteroatoms. The van der Waals surface area contributed by atoms with Crippen molar-refractivity contribution < 1.29 is 4.42 Å². The Morgan fingerprint density at radius 1 is 0.971 bits per heavy atom. The molecule has 5 nitrogen and oxygen atoms in total. The van der Waals surface area contributed by atoms with Gasteiger partial charge in [-0.3, -0.25) is 0 Å². The number of rotatable bonds is 7. The van der Waals surface area contributed by atoms with Crippen molar-refractivity contribution in [3.05, 3.63) is 76.2 Å². The van der Waals surface area contributed by atoms with Gasteiger partial charge in [0.2, 0.25) is 0 Å². The van der Waals surface area contributed by atoms with Crippen LogP contribution in [0.25, 0.3) is 34.4 Å². The van der Waals surface area contributed by atoms with E-state index in [0.29, 0.717) is 33.5 Å². The quantitative estimate of drug-likeness (QED) is 0.270. The number of hydrogen-bond donors (Lipinski definition) is 2. The van der Waals surface area contributed by atoms with Crippen molar-refractivity contribution in [3.63, 3.8) is 0 Å². The highest BCUT2D eigenvalue weighted by Crippen LogP contribution is 2.30. The fourth-order valence-corrected chi connectivity index (χ4v) is 5.13. The summed E-state index contributed by atoms with van der Waals surface area (Å²) in [7, 11) is 0. The first-order chi connectivity index (χ1) is 17.1. The van der Waals surface area contributed by atoms with Crippen LogP contribution in [-0.4, -0.2) is 23.1 Å². The molecule has 0 amide bonds. The van der Waals surface area contributed by atoms with Gasteiger partial charge in [0, 0.05) is 27.5 Å². The van der Waals surface area contributed by atoms with Gasteiger partial charge in [-0.2, -0.15) is 0 Å². The third kappa shape index (κ3) is 5.87. The molecule has 1 saturated carbocycles. The summed E-state index contributed by atoms with van der Waals surface area (Å²) in [6, 6.07) is 17.2. The summed E-state index contributed by atoms with van der Waals surface area (Å²) >= 11 is 12.4. The monoisotopic (exact) mass is 506 g/mol. The predicted molar refractivity (Wildman–Crippen MR) is 146 cm³/mol. The van der Waals surface area contributed by atoms with E-state index in [9.17, 15) is 0 Å². The Bertz CT molecular complexity index is 1350. The molecule has 0 aliphatic heterocycles. The molecule has 2 atom stereocenters. The van der Waals surface area contributed by atoms with Crippen LogP contribution >= 0.6 is 23.2 Å². The van der Waals surface area contributed by atoms with Crippen LogP contribution in [0.4, 0.5) is 5.82 Å². The molecule has 0 radical (unpaired) electrons. The minimum Gasteiger partial charge on any atom is -0.457 e. The van der Waals surface area contributed by atoms with Crippen molar-refractivity contribution in [2.45, 2.75) is 25.7 Å². The molecule has 2 unspecified atom stereocenters. The van der Waals surface area contributed by atoms with E-state index in [1.54, 1.807) is 0 Å². The van der Waals surface area contributed by atoms with Crippen molar-refractivity contribution in [2.24, 2.45) is 17.6 Å². The number of hydrogen-bond acceptors (Lipinski definition) is 5. The summed E-state index contributed by atoms with van der Waals surface area (Å²) in [5.74, 6) is 4.09. The Morgan fingerprint density at radius 2 is 1.83 bits per heavy atom. The number of furan rings is 1. The normalized spacial score (nSPS) is 18.4. The van der Waals surface area contributed by atoms with Crippen LogP contribution in [0.5, 0.6) is 0 Å². The van der Waals surface area contributed by atoms with E-state index in [-0.39, 0.29) is 0 Å². The van der Waals surface area contributed by atoms with Gasteiger partial charge in [-0.15, -0.1) is 0 Å². The summed E-state index contributed by atoms with van der Waals surface area (Å²) in [4.78, 5) is 9.52. The van der Waals surface area contributed by atoms with Crippen molar-refractivity contribution in [2.75, 3.05) is 18.4 Å². The summed E-state index contributed by atoms with van der Waals surface area (Å²) in [6.07, 6.45) is 8.59. The van der Waals surface area contributed by atoms with E-state index in [1.165, 1.54) is 25.7 Å². The Labute approximate surface area is 215 Å². The maximum atomic E-state index is 6.26. The van der Waals surface area contributed by atoms with Crippen LogP contribution in [0, 0.1) is 11.8 Å². The molecule has 4 aromatic rings. The minimum absolute atomic E-state index is 0.589. The maximum Gasteiger partial charge on any atom is 0.155 e. The van der Waals surface area contributed by atoms with Crippen LogP contribution in [-0.2, 0) is 0 Å². The third-order valence-electron chi connectivity index (χ3n) is 6.59. The van der Waals surface area contributed by atoms with E-state index in [2.05, 4.69) is 5.32 Å². The average molecular weight is 507 g/mol. The Balaban J connectivity index is 1.38. The van der Waals surface area contributed by atoms with Gasteiger partial charge >= 0.3 is 0 Å². The van der Waals surface area contributed by atoms with Crippen molar-refractivity contribution in [1.82, 2.24) is 9.97 Å². The number of aromatic nitrogens is 2. The zero-order valence-corrected chi connectivity index (χ0v) is 20.9. The number of nitrogens with two attached hydrogens (primary N) is 1. The Hall–Kier alpha value is -2.86. The highest BCUT2D eigenvalue weighted by Gasteiger charge is 2.21. The first-order valence-corrected chi connectivity index (χ1v) is 12.8. The van der Waals surface area contributed by atoms with Gasteiger partial charge in [-0.25, -0.2) is 9.97 Å². The van der Waals surface area contributed by atoms with Gasteiger partial charge < -0.3 is 15.5 Å². The number of halogens is 2. The molecule has 0 bridgehead atoms. The minimum atomic E-state index is 0.589. The van der Waals surface area contributed by atoms with Crippen LogP contribution in [0.2, 0.25) is 10.0 Å². The Kier molecular flexibility index (Phi) is 7.37. The second kappa shape index (κ2) is 10.8. The SMILES string of the molecule is NCC1CCCC(CNc2nc(/C=C/c3ccc(-c4cccc(Cl)c4)o3)nc3cc(Cl)ccc23)C1. The summed E-state index contributed by atoms with van der Waals surface area (Å²) in [6.45, 7) is 1.64. The highest BCUT2D eigenvalue weighted by molar-refractivity contribution is 6.31. The largest absolute Gasteiger partial charge is 0.457 e. The lowest BCUT2D eigenvalue weighted by Crippen LogP contribution is -2.26. The molecule has 1 fully saturated rings. The molecule has 2 aromatic heterocycles. The molecule has 5 rings (SSSR count). The van der Waals surface area contributed by atoms with Crippen LogP contribution < -0.4 is 11.1 Å². The average Bonchev–Trinajstić information content (AvgIpc) is 3.35. The second-order valence-corrected chi connectivity index (χ2v) is 10.0. The smallest absolute Gasteiger partial charge is 0.155 e. The van der Waals surface area contributed by atoms with Gasteiger partial charge in [-0.1, -0.05) is 41.8 Å². The van der Waals surface area contributed by atoms with Crippen molar-refractivity contribution in [3.8, 4) is 11.3 Å². The van der Waals surface area contributed by atoms with Gasteiger partial charge in [-0.05, 0) is 92.3 Å². The molecule has 2 heterocycles. The molecule has 0 saturated heterocycles. The van der Waals surface area contributed by atoms with Gasteiger partial charge in [0.05, 0.1) is 5.52 Å². The maximum absolute atomic E-state index is 6.26. The summed E-state index contributed by atoms with van der Waals surface area (Å²) in [5.41, 5.74) is 7.66. The number of anilines is 1. The van der Waals surface area contributed by atoms with Crippen LogP contribution in [0.15, 0.2) is 59.0 Å². The van der Waals surface area contributed by atoms with Crippen molar-refractivity contribution >= 4 is 52.1 Å². The molecule has 0 spiro atoms. The zero-order chi connectivity index (χ0) is 24.2. The lowest BCUT2D eigenvalue weighted by molar-refractivity contribution is 0.281. The van der Waals surface area contributed by atoms with E-state index in [0.717, 1.165) is 41.1 Å². The molecule has 35 heavy (non-hydrogen) atoms. The Morgan fingerprint density at radius 3 is 2.69 bits per heavy atom. The molecule has 3 N–H and O–H groups in total. The second-order valence-electron chi connectivity index (χ2n) is 9.15. The molecule has 180 valence electrons. The lowest BCUT2D eigenvalue weighted by atomic mass is 9.81. The number of nitrogens with zero attached hydrogens (tertiary/aromatic N) is 2. The van der Waals surface area contributed by atoms with Crippen LogP contribution in [0.1, 0.15) is 37.3 Å². The number of fused-ring (bicyclic) bond motifs is 1. The topological polar surface area (TPSA) is 77.0 Å². The fourth-order valence-electron chi connectivity index (χ4n) is 4.77. The summed E-state index contributed by atoms with van der Waals surface area (Å²) < 4.78 is 5.98. The van der Waals surface area contributed by atoms with Gasteiger partial charge in [0.25, 0.3) is 0 Å². The molecular weight excluding hydrogens is 479 g/mol. The predicted octanol–water partition coefficient (Wildman–Crippen LogP) is 7.54. The van der Waals surface area contributed by atoms with Crippen molar-refractivity contribution in [1.29, 1.82) is 0 Å². The third-order valence-corrected chi connectivity index (χ3v) is 7.06. The van der Waals surface area contributed by atoms with E-state index >= 15 is 0 Å². The number of nitrogens with one attached hydrogen (secondary N) is 1. The highest BCUT2D eigenvalue weighted by atomic mass is 35.5. The first-order valence-electron chi connectivity index (χ1n) is 12.0. The van der Waals surface area contributed by atoms with E-state index < -0.39 is 0 Å². The fraction of sp³-hybridized carbons (Fsp3) is 0.286. The first kappa shape index (κ1) is 23.9. The van der Waals surface area contributed by atoms with Gasteiger partial charge in [0.1, 0.15) is 17.3 Å². The molecule has 1 aliphatic carbocycles. The number of benzene rings is 2. The lowest BCUT2D eigenvalue weighted by Gasteiger charge is -2.28. The molecule has 2 aromatic carbocycles.